The first kappa shape index (κ1) is 17.1. The maximum atomic E-state index is 10.1. The molecule has 0 bridgehead atoms. The van der Waals surface area contributed by atoms with Gasteiger partial charge in [-0.25, -0.2) is 0 Å². The molecule has 4 rings (SSSR count). The van der Waals surface area contributed by atoms with E-state index < -0.39 is 0 Å². The minimum absolute atomic E-state index is 0.0732. The van der Waals surface area contributed by atoms with Gasteiger partial charge in [-0.2, -0.15) is 0 Å². The van der Waals surface area contributed by atoms with Crippen molar-refractivity contribution in [2.24, 2.45) is 40.4 Å². The van der Waals surface area contributed by atoms with E-state index in [9.17, 15) is 5.11 Å². The van der Waals surface area contributed by atoms with Gasteiger partial charge in [0.2, 0.25) is 0 Å². The second-order valence-electron chi connectivity index (χ2n) is 10.3. The second-order valence-corrected chi connectivity index (χ2v) is 10.3. The zero-order valence-corrected chi connectivity index (χ0v) is 16.4. The lowest BCUT2D eigenvalue weighted by Crippen LogP contribution is -2.50. The number of rotatable bonds is 2. The molecule has 0 aromatic heterocycles. The monoisotopic (exact) mass is 330 g/mol. The molecule has 24 heavy (non-hydrogen) atoms. The first-order valence-corrected chi connectivity index (χ1v) is 10.8. The van der Waals surface area contributed by atoms with E-state index in [4.69, 9.17) is 0 Å². The first-order valence-electron chi connectivity index (χ1n) is 10.8. The van der Waals surface area contributed by atoms with E-state index in [-0.39, 0.29) is 6.10 Å². The van der Waals surface area contributed by atoms with E-state index >= 15 is 0 Å². The zero-order chi connectivity index (χ0) is 17.1. The summed E-state index contributed by atoms with van der Waals surface area (Å²) in [4.78, 5) is 0. The summed E-state index contributed by atoms with van der Waals surface area (Å²) < 4.78 is 0. The SMILES string of the molecule is CC[C@@H](C)[C@H]1CC[C@@H]2[C@H]3CC=C4C[C@@H](O)CC[C@]4(C)[C@@H]3CC[C@@]21C. The van der Waals surface area contributed by atoms with Gasteiger partial charge in [0.1, 0.15) is 0 Å². The van der Waals surface area contributed by atoms with Gasteiger partial charge in [-0.1, -0.05) is 45.8 Å². The van der Waals surface area contributed by atoms with Crippen LogP contribution in [-0.4, -0.2) is 11.2 Å². The Labute approximate surface area is 149 Å². The zero-order valence-electron chi connectivity index (χ0n) is 16.4. The molecule has 1 heteroatoms. The van der Waals surface area contributed by atoms with Gasteiger partial charge in [-0.15, -0.1) is 0 Å². The van der Waals surface area contributed by atoms with Crippen molar-refractivity contribution in [1.82, 2.24) is 0 Å². The fourth-order valence-electron chi connectivity index (χ4n) is 7.90. The molecule has 8 atom stereocenters. The van der Waals surface area contributed by atoms with Crippen molar-refractivity contribution >= 4 is 0 Å². The molecule has 1 N–H and O–H groups in total. The van der Waals surface area contributed by atoms with E-state index in [1.807, 2.05) is 0 Å². The maximum absolute atomic E-state index is 10.1. The first-order chi connectivity index (χ1) is 11.4. The normalized spacial score (nSPS) is 52.0. The van der Waals surface area contributed by atoms with Crippen LogP contribution in [0.5, 0.6) is 0 Å². The van der Waals surface area contributed by atoms with E-state index in [0.717, 1.165) is 42.4 Å². The summed E-state index contributed by atoms with van der Waals surface area (Å²) in [5.41, 5.74) is 2.62. The average Bonchev–Trinajstić information content (AvgIpc) is 2.92. The molecule has 3 saturated carbocycles. The molecule has 136 valence electrons. The van der Waals surface area contributed by atoms with Gasteiger partial charge in [0.05, 0.1) is 6.10 Å². The van der Waals surface area contributed by atoms with Gasteiger partial charge >= 0.3 is 0 Å². The molecule has 4 aliphatic carbocycles. The molecule has 1 nitrogen and oxygen atoms in total. The Bertz CT molecular complexity index is 522. The van der Waals surface area contributed by atoms with Crippen molar-refractivity contribution < 1.29 is 5.11 Å². The molecule has 0 spiro atoms. The van der Waals surface area contributed by atoms with Crippen LogP contribution in [0.1, 0.15) is 85.5 Å². The van der Waals surface area contributed by atoms with E-state index in [2.05, 4.69) is 33.8 Å². The van der Waals surface area contributed by atoms with Crippen LogP contribution < -0.4 is 0 Å². The molecule has 0 amide bonds. The Kier molecular flexibility index (Phi) is 4.18. The number of aliphatic hydroxyl groups excluding tert-OH is 1. The number of hydrogen-bond acceptors (Lipinski definition) is 1. The molecule has 0 aromatic rings. The average molecular weight is 331 g/mol. The highest BCUT2D eigenvalue weighted by atomic mass is 16.3. The Morgan fingerprint density at radius 1 is 1.12 bits per heavy atom. The van der Waals surface area contributed by atoms with Gasteiger partial charge in [0.15, 0.2) is 0 Å². The van der Waals surface area contributed by atoms with Gasteiger partial charge in [0.25, 0.3) is 0 Å². The minimum atomic E-state index is -0.0732. The van der Waals surface area contributed by atoms with E-state index in [0.29, 0.717) is 10.8 Å². The van der Waals surface area contributed by atoms with Gasteiger partial charge in [0, 0.05) is 0 Å². The van der Waals surface area contributed by atoms with Crippen LogP contribution in [0, 0.1) is 40.4 Å². The lowest BCUT2D eigenvalue weighted by atomic mass is 9.47. The molecule has 0 unspecified atom stereocenters. The van der Waals surface area contributed by atoms with Crippen molar-refractivity contribution in [1.29, 1.82) is 0 Å². The van der Waals surface area contributed by atoms with Crippen LogP contribution in [0.25, 0.3) is 0 Å². The third kappa shape index (κ3) is 2.29. The van der Waals surface area contributed by atoms with E-state index in [1.54, 1.807) is 5.57 Å². The number of aliphatic hydroxyl groups is 1. The highest BCUT2D eigenvalue weighted by Crippen LogP contribution is 2.67. The highest BCUT2D eigenvalue weighted by Gasteiger charge is 2.58. The lowest BCUT2D eigenvalue weighted by molar-refractivity contribution is -0.0568. The minimum Gasteiger partial charge on any atom is -0.393 e. The van der Waals surface area contributed by atoms with Crippen LogP contribution in [0.3, 0.4) is 0 Å². The molecule has 4 aliphatic rings. The van der Waals surface area contributed by atoms with E-state index in [1.165, 1.54) is 44.9 Å². The van der Waals surface area contributed by atoms with Crippen molar-refractivity contribution in [3.63, 3.8) is 0 Å². The van der Waals surface area contributed by atoms with Crippen molar-refractivity contribution in [3.05, 3.63) is 11.6 Å². The van der Waals surface area contributed by atoms with Crippen LogP contribution in [0.2, 0.25) is 0 Å². The van der Waals surface area contributed by atoms with Gasteiger partial charge < -0.3 is 5.11 Å². The molecule has 0 heterocycles. The Balaban J connectivity index is 1.63. The Hall–Kier alpha value is -0.300. The smallest absolute Gasteiger partial charge is 0.0577 e. The van der Waals surface area contributed by atoms with Crippen LogP contribution in [0.15, 0.2) is 11.6 Å². The summed E-state index contributed by atoms with van der Waals surface area (Å²) in [6, 6.07) is 0. The summed E-state index contributed by atoms with van der Waals surface area (Å²) in [5, 5.41) is 10.1. The second kappa shape index (κ2) is 5.86. The van der Waals surface area contributed by atoms with Gasteiger partial charge in [-0.3, -0.25) is 0 Å². The van der Waals surface area contributed by atoms with Gasteiger partial charge in [-0.05, 0) is 91.8 Å². The molecular formula is C23H38O. The molecule has 3 fully saturated rings. The maximum Gasteiger partial charge on any atom is 0.0577 e. The van der Waals surface area contributed by atoms with Crippen molar-refractivity contribution in [2.75, 3.05) is 0 Å². The van der Waals surface area contributed by atoms with Crippen LogP contribution in [-0.2, 0) is 0 Å². The van der Waals surface area contributed by atoms with Crippen LogP contribution >= 0.6 is 0 Å². The fraction of sp³-hybridized carbons (Fsp3) is 0.913. The largest absolute Gasteiger partial charge is 0.393 e. The number of allylic oxidation sites excluding steroid dienone is 1. The molecule has 0 saturated heterocycles. The molecule has 0 radical (unpaired) electrons. The third-order valence-electron chi connectivity index (χ3n) is 9.48. The number of fused-ring (bicyclic) bond motifs is 5. The third-order valence-corrected chi connectivity index (χ3v) is 9.48. The lowest BCUT2D eigenvalue weighted by Gasteiger charge is -2.58. The summed E-state index contributed by atoms with van der Waals surface area (Å²) >= 11 is 0. The predicted octanol–water partition coefficient (Wildman–Crippen LogP) is 5.97. The summed E-state index contributed by atoms with van der Waals surface area (Å²) in [6.45, 7) is 10.1. The topological polar surface area (TPSA) is 20.2 Å². The molecular weight excluding hydrogens is 292 g/mol. The fourth-order valence-corrected chi connectivity index (χ4v) is 7.90. The highest BCUT2D eigenvalue weighted by molar-refractivity contribution is 5.25. The number of hydrogen-bond donors (Lipinski definition) is 1. The quantitative estimate of drug-likeness (QED) is 0.618. The Morgan fingerprint density at radius 2 is 1.92 bits per heavy atom. The van der Waals surface area contributed by atoms with Crippen LogP contribution in [0.4, 0.5) is 0 Å². The van der Waals surface area contributed by atoms with Crippen molar-refractivity contribution in [2.45, 2.75) is 91.6 Å². The Morgan fingerprint density at radius 3 is 2.67 bits per heavy atom. The predicted molar refractivity (Wildman–Crippen MR) is 101 cm³/mol. The summed E-state index contributed by atoms with van der Waals surface area (Å²) in [5.74, 6) is 4.61. The molecule has 0 aliphatic heterocycles. The summed E-state index contributed by atoms with van der Waals surface area (Å²) in [6.07, 6.45) is 14.2. The molecule has 0 aromatic carbocycles. The van der Waals surface area contributed by atoms with Crippen molar-refractivity contribution in [3.8, 4) is 0 Å². The summed E-state index contributed by atoms with van der Waals surface area (Å²) in [7, 11) is 0. The standard InChI is InChI=1S/C23H38O/c1-5-15(2)19-8-9-20-18-7-6-16-14-17(24)10-12-22(16,3)21(18)11-13-23(19,20)4/h6,15,17-21,24H,5,7-14H2,1-4H3/t15-,17+,18-,19-,20-,21-,22+,23-/m1/s1.